The summed E-state index contributed by atoms with van der Waals surface area (Å²) in [7, 11) is 1.71. The van der Waals surface area contributed by atoms with E-state index in [2.05, 4.69) is 10.3 Å². The van der Waals surface area contributed by atoms with Crippen LogP contribution in [0.5, 0.6) is 0 Å². The molecule has 0 bridgehead atoms. The molecule has 24 heavy (non-hydrogen) atoms. The second kappa shape index (κ2) is 6.66. The first kappa shape index (κ1) is 15.9. The molecule has 7 nitrogen and oxygen atoms in total. The zero-order valence-corrected chi connectivity index (χ0v) is 13.5. The molecule has 0 aliphatic rings. The fraction of sp³-hybridized carbons (Fsp3) is 0.294. The third kappa shape index (κ3) is 3.05. The van der Waals surface area contributed by atoms with Crippen LogP contribution in [-0.2, 0) is 11.3 Å². The summed E-state index contributed by atoms with van der Waals surface area (Å²) >= 11 is 0. The number of benzene rings is 1. The number of carbonyl (C=O) groups excluding carboxylic acids is 1. The fourth-order valence-corrected chi connectivity index (χ4v) is 2.48. The summed E-state index contributed by atoms with van der Waals surface area (Å²) in [5.74, 6) is 0.620. The Kier molecular flexibility index (Phi) is 4.41. The third-order valence-corrected chi connectivity index (χ3v) is 4.10. The average molecular weight is 326 g/mol. The minimum absolute atomic E-state index is 0.0965. The predicted molar refractivity (Wildman–Crippen MR) is 88.3 cm³/mol. The van der Waals surface area contributed by atoms with Crippen LogP contribution in [0.1, 0.15) is 25.1 Å². The molecular formula is C17H18N4O3. The third-order valence-electron chi connectivity index (χ3n) is 4.10. The Morgan fingerprint density at radius 3 is 2.83 bits per heavy atom. The molecule has 1 aromatic carbocycles. The molecule has 1 unspecified atom stereocenters. The van der Waals surface area contributed by atoms with Crippen LogP contribution in [0.15, 0.2) is 51.9 Å². The second-order valence-corrected chi connectivity index (χ2v) is 5.58. The molecule has 3 aromatic rings. The Morgan fingerprint density at radius 2 is 2.08 bits per heavy atom. The summed E-state index contributed by atoms with van der Waals surface area (Å²) in [6, 6.07) is 10.5. The lowest BCUT2D eigenvalue weighted by Gasteiger charge is -2.23. The van der Waals surface area contributed by atoms with Crippen molar-refractivity contribution in [3.8, 4) is 0 Å². The Balaban J connectivity index is 1.70. The van der Waals surface area contributed by atoms with Crippen LogP contribution in [0.25, 0.3) is 10.9 Å². The number of nitrogens with zero attached hydrogens (tertiary/aromatic N) is 4. The molecule has 2 aromatic heterocycles. The molecule has 2 heterocycles. The van der Waals surface area contributed by atoms with Gasteiger partial charge in [0.1, 0.15) is 11.3 Å². The molecule has 0 aliphatic heterocycles. The zero-order chi connectivity index (χ0) is 17.1. The van der Waals surface area contributed by atoms with E-state index in [-0.39, 0.29) is 30.5 Å². The summed E-state index contributed by atoms with van der Waals surface area (Å²) in [5.41, 5.74) is 0.309. The smallest absolute Gasteiger partial charge is 0.277 e. The van der Waals surface area contributed by atoms with Gasteiger partial charge in [-0.25, -0.2) is 4.68 Å². The number of fused-ring (bicyclic) bond motifs is 1. The summed E-state index contributed by atoms with van der Waals surface area (Å²) < 4.78 is 6.55. The van der Waals surface area contributed by atoms with E-state index in [4.69, 9.17) is 4.42 Å². The number of rotatable bonds is 5. The number of aryl methyl sites for hydroxylation is 1. The maximum absolute atomic E-state index is 12.4. The predicted octanol–water partition coefficient (Wildman–Crippen LogP) is 1.99. The summed E-state index contributed by atoms with van der Waals surface area (Å²) in [6.07, 6.45) is 1.74. The van der Waals surface area contributed by atoms with Crippen molar-refractivity contribution in [2.75, 3.05) is 7.05 Å². The molecule has 0 spiro atoms. The molecule has 0 radical (unpaired) electrons. The van der Waals surface area contributed by atoms with Gasteiger partial charge in [-0.3, -0.25) is 9.59 Å². The van der Waals surface area contributed by atoms with E-state index in [1.165, 1.54) is 4.68 Å². The van der Waals surface area contributed by atoms with Gasteiger partial charge in [0.2, 0.25) is 5.91 Å². The van der Waals surface area contributed by atoms with Crippen LogP contribution < -0.4 is 5.56 Å². The molecule has 0 saturated carbocycles. The maximum atomic E-state index is 12.4. The van der Waals surface area contributed by atoms with Crippen LogP contribution in [0, 0.1) is 0 Å². The average Bonchev–Trinajstić information content (AvgIpc) is 3.14. The number of carbonyl (C=O) groups is 1. The molecule has 7 heteroatoms. The lowest BCUT2D eigenvalue weighted by molar-refractivity contribution is -0.132. The number of aromatic nitrogens is 3. The van der Waals surface area contributed by atoms with Gasteiger partial charge in [0.15, 0.2) is 0 Å². The van der Waals surface area contributed by atoms with E-state index in [9.17, 15) is 9.59 Å². The van der Waals surface area contributed by atoms with Gasteiger partial charge in [-0.2, -0.15) is 0 Å². The first-order valence-corrected chi connectivity index (χ1v) is 7.69. The van der Waals surface area contributed by atoms with Crippen molar-refractivity contribution in [1.82, 2.24) is 19.9 Å². The Morgan fingerprint density at radius 1 is 1.29 bits per heavy atom. The first-order chi connectivity index (χ1) is 11.6. The molecule has 0 fully saturated rings. The molecule has 0 saturated heterocycles. The van der Waals surface area contributed by atoms with Crippen molar-refractivity contribution in [1.29, 1.82) is 0 Å². The van der Waals surface area contributed by atoms with E-state index >= 15 is 0 Å². The molecule has 0 N–H and O–H groups in total. The van der Waals surface area contributed by atoms with Gasteiger partial charge >= 0.3 is 0 Å². The monoisotopic (exact) mass is 326 g/mol. The van der Waals surface area contributed by atoms with Crippen molar-refractivity contribution in [3.63, 3.8) is 0 Å². The minimum Gasteiger partial charge on any atom is -0.467 e. The highest BCUT2D eigenvalue weighted by Gasteiger charge is 2.19. The standard InChI is InChI=1S/C17H18N4O3/c1-12(15-8-5-11-24-15)20(2)16(22)9-10-21-17(23)13-6-3-4-7-14(13)18-19-21/h3-8,11-12H,9-10H2,1-2H3. The van der Waals surface area contributed by atoms with Crippen LogP contribution in [0.2, 0.25) is 0 Å². The second-order valence-electron chi connectivity index (χ2n) is 5.58. The highest BCUT2D eigenvalue weighted by Crippen LogP contribution is 2.19. The Labute approximate surface area is 138 Å². The van der Waals surface area contributed by atoms with E-state index in [1.54, 1.807) is 48.5 Å². The van der Waals surface area contributed by atoms with Crippen LogP contribution >= 0.6 is 0 Å². The van der Waals surface area contributed by atoms with Crippen LogP contribution in [-0.4, -0.2) is 32.8 Å². The summed E-state index contributed by atoms with van der Waals surface area (Å²) in [4.78, 5) is 26.3. The number of hydrogen-bond donors (Lipinski definition) is 0. The van der Waals surface area contributed by atoms with Gasteiger partial charge < -0.3 is 9.32 Å². The largest absolute Gasteiger partial charge is 0.467 e. The van der Waals surface area contributed by atoms with Crippen molar-refractivity contribution in [3.05, 3.63) is 58.8 Å². The highest BCUT2D eigenvalue weighted by atomic mass is 16.3. The zero-order valence-electron chi connectivity index (χ0n) is 13.5. The normalized spacial score (nSPS) is 12.2. The van der Waals surface area contributed by atoms with Gasteiger partial charge in [0.05, 0.1) is 24.2 Å². The summed E-state index contributed by atoms with van der Waals surface area (Å²) in [6.45, 7) is 2.07. The van der Waals surface area contributed by atoms with E-state index in [1.807, 2.05) is 13.0 Å². The van der Waals surface area contributed by atoms with E-state index in [0.717, 1.165) is 0 Å². The lowest BCUT2D eigenvalue weighted by Crippen LogP contribution is -2.32. The minimum atomic E-state index is -0.241. The number of amides is 1. The van der Waals surface area contributed by atoms with Crippen LogP contribution in [0.3, 0.4) is 0 Å². The summed E-state index contributed by atoms with van der Waals surface area (Å²) in [5, 5.41) is 8.41. The first-order valence-electron chi connectivity index (χ1n) is 7.69. The van der Waals surface area contributed by atoms with Crippen molar-refractivity contribution in [2.45, 2.75) is 25.9 Å². The molecule has 3 rings (SSSR count). The van der Waals surface area contributed by atoms with Gasteiger partial charge in [-0.1, -0.05) is 17.3 Å². The SMILES string of the molecule is CC(c1ccco1)N(C)C(=O)CCn1nnc2ccccc2c1=O. The van der Waals surface area contributed by atoms with E-state index < -0.39 is 0 Å². The highest BCUT2D eigenvalue weighted by molar-refractivity contribution is 5.77. The Bertz CT molecular complexity index is 902. The lowest BCUT2D eigenvalue weighted by atomic mass is 10.2. The van der Waals surface area contributed by atoms with Gasteiger partial charge in [-0.15, -0.1) is 5.10 Å². The molecule has 1 atom stereocenters. The van der Waals surface area contributed by atoms with Gasteiger partial charge in [0, 0.05) is 13.5 Å². The quantitative estimate of drug-likeness (QED) is 0.716. The fourth-order valence-electron chi connectivity index (χ4n) is 2.48. The van der Waals surface area contributed by atoms with E-state index in [0.29, 0.717) is 16.7 Å². The molecular weight excluding hydrogens is 308 g/mol. The number of hydrogen-bond acceptors (Lipinski definition) is 5. The molecule has 0 aliphatic carbocycles. The van der Waals surface area contributed by atoms with Crippen molar-refractivity contribution < 1.29 is 9.21 Å². The molecule has 124 valence electrons. The van der Waals surface area contributed by atoms with Crippen molar-refractivity contribution >= 4 is 16.8 Å². The topological polar surface area (TPSA) is 81.2 Å². The van der Waals surface area contributed by atoms with Gasteiger partial charge in [-0.05, 0) is 31.2 Å². The van der Waals surface area contributed by atoms with Crippen molar-refractivity contribution in [2.24, 2.45) is 0 Å². The number of furan rings is 1. The van der Waals surface area contributed by atoms with Gasteiger partial charge in [0.25, 0.3) is 5.56 Å². The maximum Gasteiger partial charge on any atom is 0.277 e. The Hall–Kier alpha value is -2.96. The molecule has 1 amide bonds. The van der Waals surface area contributed by atoms with Crippen LogP contribution in [0.4, 0.5) is 0 Å².